The van der Waals surface area contributed by atoms with Crippen molar-refractivity contribution in [1.29, 1.82) is 0 Å². The second-order valence-corrected chi connectivity index (χ2v) is 2.95. The Morgan fingerprint density at radius 3 is 1.75 bits per heavy atom. The zero-order valence-corrected chi connectivity index (χ0v) is 6.87. The fraction of sp³-hybridized carbons (Fsp3) is 0.333. The Morgan fingerprint density at radius 2 is 1.42 bits per heavy atom. The molecule has 0 amide bonds. The Balaban J connectivity index is 3.21. The van der Waals surface area contributed by atoms with Gasteiger partial charge in [0.2, 0.25) is 0 Å². The van der Waals surface area contributed by atoms with Gasteiger partial charge >= 0.3 is 0 Å². The standard InChI is InChI=1S/C9H9F3/c1-5(2)6-3-7(10)9(12)8(11)4-6/h3-5H,1-2H3. The van der Waals surface area contributed by atoms with E-state index >= 15 is 0 Å². The SMILES string of the molecule is CC(C)c1cc(F)c(F)c(F)c1. The summed E-state index contributed by atoms with van der Waals surface area (Å²) >= 11 is 0. The van der Waals surface area contributed by atoms with E-state index < -0.39 is 17.5 Å². The van der Waals surface area contributed by atoms with E-state index in [1.165, 1.54) is 0 Å². The third-order valence-corrected chi connectivity index (χ3v) is 1.67. The molecule has 0 aliphatic heterocycles. The summed E-state index contributed by atoms with van der Waals surface area (Å²) in [5.74, 6) is -3.66. The average molecular weight is 174 g/mol. The van der Waals surface area contributed by atoms with Crippen molar-refractivity contribution in [3.63, 3.8) is 0 Å². The van der Waals surface area contributed by atoms with Crippen LogP contribution >= 0.6 is 0 Å². The minimum absolute atomic E-state index is 0.00500. The van der Waals surface area contributed by atoms with Crippen molar-refractivity contribution in [1.82, 2.24) is 0 Å². The van der Waals surface area contributed by atoms with Crippen LogP contribution in [0.3, 0.4) is 0 Å². The topological polar surface area (TPSA) is 0 Å². The zero-order chi connectivity index (χ0) is 9.30. The summed E-state index contributed by atoms with van der Waals surface area (Å²) < 4.78 is 37.6. The molecular weight excluding hydrogens is 165 g/mol. The molecule has 0 aliphatic carbocycles. The minimum atomic E-state index is -1.40. The van der Waals surface area contributed by atoms with E-state index in [9.17, 15) is 13.2 Å². The first kappa shape index (κ1) is 9.10. The zero-order valence-electron chi connectivity index (χ0n) is 6.87. The highest BCUT2D eigenvalue weighted by atomic mass is 19.2. The molecule has 0 saturated heterocycles. The van der Waals surface area contributed by atoms with Crippen molar-refractivity contribution in [3.05, 3.63) is 35.1 Å². The number of hydrogen-bond donors (Lipinski definition) is 0. The van der Waals surface area contributed by atoms with Gasteiger partial charge in [-0.3, -0.25) is 0 Å². The third kappa shape index (κ3) is 1.60. The number of hydrogen-bond acceptors (Lipinski definition) is 0. The third-order valence-electron chi connectivity index (χ3n) is 1.67. The molecule has 66 valence electrons. The number of rotatable bonds is 1. The van der Waals surface area contributed by atoms with Gasteiger partial charge in [0, 0.05) is 0 Å². The maximum Gasteiger partial charge on any atom is 0.194 e. The normalized spacial score (nSPS) is 10.8. The predicted octanol–water partition coefficient (Wildman–Crippen LogP) is 3.23. The first-order valence-corrected chi connectivity index (χ1v) is 3.67. The van der Waals surface area contributed by atoms with E-state index in [1.54, 1.807) is 13.8 Å². The highest BCUT2D eigenvalue weighted by Crippen LogP contribution is 2.19. The van der Waals surface area contributed by atoms with Crippen LogP contribution in [0.25, 0.3) is 0 Å². The smallest absolute Gasteiger partial charge is 0.194 e. The van der Waals surface area contributed by atoms with Crippen LogP contribution in [0.1, 0.15) is 25.3 Å². The van der Waals surface area contributed by atoms with Crippen molar-refractivity contribution < 1.29 is 13.2 Å². The summed E-state index contributed by atoms with van der Waals surface area (Å²) in [6.07, 6.45) is 0. The van der Waals surface area contributed by atoms with Crippen LogP contribution < -0.4 is 0 Å². The van der Waals surface area contributed by atoms with E-state index in [2.05, 4.69) is 0 Å². The van der Waals surface area contributed by atoms with Gasteiger partial charge in [-0.05, 0) is 23.6 Å². The Bertz CT molecular complexity index is 269. The summed E-state index contributed by atoms with van der Waals surface area (Å²) in [7, 11) is 0. The molecule has 0 spiro atoms. The molecule has 0 aromatic heterocycles. The Hall–Kier alpha value is -0.990. The molecule has 0 unspecified atom stereocenters. The molecule has 1 aromatic carbocycles. The first-order valence-electron chi connectivity index (χ1n) is 3.67. The number of benzene rings is 1. The van der Waals surface area contributed by atoms with Crippen LogP contribution in [0.5, 0.6) is 0 Å². The largest absolute Gasteiger partial charge is 0.204 e. The molecule has 0 heterocycles. The van der Waals surface area contributed by atoms with E-state index in [0.717, 1.165) is 12.1 Å². The van der Waals surface area contributed by atoms with Crippen LogP contribution in [0.15, 0.2) is 12.1 Å². The van der Waals surface area contributed by atoms with Crippen LogP contribution in [-0.2, 0) is 0 Å². The van der Waals surface area contributed by atoms with Gasteiger partial charge in [0.15, 0.2) is 17.5 Å². The van der Waals surface area contributed by atoms with Crippen molar-refractivity contribution in [2.75, 3.05) is 0 Å². The van der Waals surface area contributed by atoms with Gasteiger partial charge in [-0.2, -0.15) is 0 Å². The van der Waals surface area contributed by atoms with Crippen LogP contribution in [0.2, 0.25) is 0 Å². The number of halogens is 3. The van der Waals surface area contributed by atoms with Crippen molar-refractivity contribution >= 4 is 0 Å². The van der Waals surface area contributed by atoms with E-state index in [-0.39, 0.29) is 5.92 Å². The van der Waals surface area contributed by atoms with Gasteiger partial charge in [-0.25, -0.2) is 13.2 Å². The second kappa shape index (κ2) is 3.17. The van der Waals surface area contributed by atoms with E-state index in [0.29, 0.717) is 5.56 Å². The summed E-state index contributed by atoms with van der Waals surface area (Å²) in [5, 5.41) is 0. The Morgan fingerprint density at radius 1 is 1.00 bits per heavy atom. The van der Waals surface area contributed by atoms with Gasteiger partial charge in [0.05, 0.1) is 0 Å². The summed E-state index contributed by atoms with van der Waals surface area (Å²) in [6, 6.07) is 2.03. The molecule has 1 aromatic rings. The molecule has 1 rings (SSSR count). The average Bonchev–Trinajstić information content (AvgIpc) is 1.99. The Labute approximate surface area is 69.0 Å². The molecule has 0 fully saturated rings. The fourth-order valence-corrected chi connectivity index (χ4v) is 0.908. The van der Waals surface area contributed by atoms with Gasteiger partial charge in [-0.1, -0.05) is 13.8 Å². The molecular formula is C9H9F3. The van der Waals surface area contributed by atoms with Crippen LogP contribution in [0.4, 0.5) is 13.2 Å². The molecule has 0 nitrogen and oxygen atoms in total. The summed E-state index contributed by atoms with van der Waals surface area (Å²) in [5.41, 5.74) is 0.464. The van der Waals surface area contributed by atoms with Crippen molar-refractivity contribution in [2.24, 2.45) is 0 Å². The van der Waals surface area contributed by atoms with Crippen LogP contribution in [-0.4, -0.2) is 0 Å². The predicted molar refractivity (Wildman–Crippen MR) is 40.4 cm³/mol. The molecule has 0 radical (unpaired) electrons. The van der Waals surface area contributed by atoms with Crippen LogP contribution in [0, 0.1) is 17.5 Å². The monoisotopic (exact) mass is 174 g/mol. The van der Waals surface area contributed by atoms with Gasteiger partial charge < -0.3 is 0 Å². The lowest BCUT2D eigenvalue weighted by molar-refractivity contribution is 0.444. The lowest BCUT2D eigenvalue weighted by Crippen LogP contribution is -1.95. The lowest BCUT2D eigenvalue weighted by Gasteiger charge is -2.05. The molecule has 0 bridgehead atoms. The summed E-state index contributed by atoms with van der Waals surface area (Å²) in [4.78, 5) is 0. The fourth-order valence-electron chi connectivity index (χ4n) is 0.908. The maximum atomic E-state index is 12.6. The first-order chi connectivity index (χ1) is 5.52. The lowest BCUT2D eigenvalue weighted by atomic mass is 10.0. The second-order valence-electron chi connectivity index (χ2n) is 2.95. The molecule has 0 aliphatic rings. The highest BCUT2D eigenvalue weighted by Gasteiger charge is 2.11. The summed E-state index contributed by atoms with van der Waals surface area (Å²) in [6.45, 7) is 3.57. The van der Waals surface area contributed by atoms with E-state index in [1.807, 2.05) is 0 Å². The van der Waals surface area contributed by atoms with Gasteiger partial charge in [-0.15, -0.1) is 0 Å². The molecule has 3 heteroatoms. The minimum Gasteiger partial charge on any atom is -0.204 e. The highest BCUT2D eigenvalue weighted by molar-refractivity contribution is 5.21. The van der Waals surface area contributed by atoms with Crippen molar-refractivity contribution in [3.8, 4) is 0 Å². The Kier molecular flexibility index (Phi) is 2.40. The molecule has 0 atom stereocenters. The molecule has 12 heavy (non-hydrogen) atoms. The van der Waals surface area contributed by atoms with E-state index in [4.69, 9.17) is 0 Å². The van der Waals surface area contributed by atoms with Gasteiger partial charge in [0.25, 0.3) is 0 Å². The quantitative estimate of drug-likeness (QED) is 0.573. The molecule has 0 saturated carbocycles. The maximum absolute atomic E-state index is 12.6. The molecule has 0 N–H and O–H groups in total. The van der Waals surface area contributed by atoms with Crippen molar-refractivity contribution in [2.45, 2.75) is 19.8 Å². The van der Waals surface area contributed by atoms with Gasteiger partial charge in [0.1, 0.15) is 0 Å².